The Balaban J connectivity index is 0.000000433. The molecule has 0 atom stereocenters. The van der Waals surface area contributed by atoms with Gasteiger partial charge < -0.3 is 20.3 Å². The van der Waals surface area contributed by atoms with Crippen LogP contribution in [-0.4, -0.2) is 29.2 Å². The zero-order valence-electron chi connectivity index (χ0n) is 11.1. The van der Waals surface area contributed by atoms with E-state index in [-0.39, 0.29) is 0 Å². The van der Waals surface area contributed by atoms with Gasteiger partial charge in [-0.3, -0.25) is 0 Å². The highest BCUT2D eigenvalue weighted by molar-refractivity contribution is 5.64. The molecule has 0 saturated carbocycles. The lowest BCUT2D eigenvalue weighted by molar-refractivity contribution is -0.275. The molecule has 3 N–H and O–H groups in total. The Morgan fingerprint density at radius 3 is 2.43 bits per heavy atom. The van der Waals surface area contributed by atoms with E-state index in [0.717, 1.165) is 18.9 Å². The molecule has 0 fully saturated rings. The molecule has 1 aromatic rings. The van der Waals surface area contributed by atoms with Crippen LogP contribution in [0.1, 0.15) is 19.8 Å². The van der Waals surface area contributed by atoms with E-state index >= 15 is 0 Å². The molecule has 21 heavy (non-hydrogen) atoms. The number of rotatable bonds is 4. The van der Waals surface area contributed by atoms with Gasteiger partial charge in [-0.15, -0.1) is 13.2 Å². The van der Waals surface area contributed by atoms with Crippen molar-refractivity contribution in [3.63, 3.8) is 0 Å². The number of hydrogen-bond acceptors (Lipinski definition) is 3. The third kappa shape index (κ3) is 10.3. The Morgan fingerprint density at radius 2 is 2.00 bits per heavy atom. The number of carbonyl (C=O) groups is 1. The number of unbranched alkanes of at least 4 members (excludes halogenated alkanes) is 1. The van der Waals surface area contributed by atoms with Crippen molar-refractivity contribution in [2.24, 2.45) is 0 Å². The largest absolute Gasteiger partial charge is 0.573 e. The zero-order chi connectivity index (χ0) is 16.5. The van der Waals surface area contributed by atoms with E-state index in [1.54, 1.807) is 0 Å². The van der Waals surface area contributed by atoms with Gasteiger partial charge in [-0.05, 0) is 18.6 Å². The summed E-state index contributed by atoms with van der Waals surface area (Å²) in [5.74, 6) is -2.70. The molecule has 5 nitrogen and oxygen atoms in total. The van der Waals surface area contributed by atoms with E-state index in [0.29, 0.717) is 18.7 Å². The van der Waals surface area contributed by atoms with E-state index in [2.05, 4.69) is 10.1 Å². The standard InChI is InChI=1S/C7H4F4O2.C5H11NO2/c8-5-3-4(12)1-2-6(5)13-7(9,10)11;1-2-3-4-6-5(7)8/h1-3,12H;6H,2-4H2,1H3,(H,7,8). The number of aromatic hydroxyl groups is 1. The number of benzene rings is 1. The third-order valence-corrected chi connectivity index (χ3v) is 1.95. The number of alkyl halides is 3. The molecule has 1 rings (SSSR count). The van der Waals surface area contributed by atoms with E-state index in [1.165, 1.54) is 0 Å². The zero-order valence-corrected chi connectivity index (χ0v) is 11.1. The van der Waals surface area contributed by atoms with Gasteiger partial charge in [0.05, 0.1) is 0 Å². The third-order valence-electron chi connectivity index (χ3n) is 1.95. The van der Waals surface area contributed by atoms with E-state index in [9.17, 15) is 22.4 Å². The van der Waals surface area contributed by atoms with Crippen LogP contribution >= 0.6 is 0 Å². The second-order valence-electron chi connectivity index (χ2n) is 3.75. The van der Waals surface area contributed by atoms with Gasteiger partial charge in [-0.1, -0.05) is 13.3 Å². The number of phenolic OH excluding ortho intramolecular Hbond substituents is 1. The number of nitrogens with one attached hydrogen (secondary N) is 1. The molecule has 0 aromatic heterocycles. The molecule has 0 spiro atoms. The molecular weight excluding hydrogens is 298 g/mol. The Bertz CT molecular complexity index is 451. The predicted molar refractivity (Wildman–Crippen MR) is 65.7 cm³/mol. The molecule has 9 heteroatoms. The molecule has 1 aromatic carbocycles. The van der Waals surface area contributed by atoms with Crippen LogP contribution in [-0.2, 0) is 0 Å². The Labute approximate surface area is 118 Å². The van der Waals surface area contributed by atoms with Crippen molar-refractivity contribution < 1.29 is 37.3 Å². The molecule has 0 heterocycles. The van der Waals surface area contributed by atoms with Crippen LogP contribution in [0, 0.1) is 5.82 Å². The second kappa shape index (κ2) is 8.88. The fraction of sp³-hybridized carbons (Fsp3) is 0.417. The number of hydrogen-bond donors (Lipinski definition) is 3. The molecule has 0 aliphatic heterocycles. The molecule has 0 unspecified atom stereocenters. The van der Waals surface area contributed by atoms with Gasteiger partial charge in [0.2, 0.25) is 0 Å². The molecule has 0 radical (unpaired) electrons. The fourth-order valence-corrected chi connectivity index (χ4v) is 1.07. The number of phenols is 1. The molecule has 0 saturated heterocycles. The lowest BCUT2D eigenvalue weighted by Crippen LogP contribution is -2.21. The van der Waals surface area contributed by atoms with Crippen molar-refractivity contribution >= 4 is 6.09 Å². The summed E-state index contributed by atoms with van der Waals surface area (Å²) in [6.45, 7) is 2.59. The van der Waals surface area contributed by atoms with Crippen LogP contribution in [0.5, 0.6) is 11.5 Å². The Kier molecular flexibility index (Phi) is 7.95. The van der Waals surface area contributed by atoms with Crippen molar-refractivity contribution in [2.75, 3.05) is 6.54 Å². The average molecular weight is 313 g/mol. The molecule has 0 aliphatic rings. The maximum Gasteiger partial charge on any atom is 0.573 e. The minimum Gasteiger partial charge on any atom is -0.508 e. The smallest absolute Gasteiger partial charge is 0.508 e. The monoisotopic (exact) mass is 313 g/mol. The SMILES string of the molecule is CCCCNC(=O)O.Oc1ccc(OC(F)(F)F)c(F)c1. The summed E-state index contributed by atoms with van der Waals surface area (Å²) in [5.41, 5.74) is 0. The maximum atomic E-state index is 12.6. The highest BCUT2D eigenvalue weighted by Crippen LogP contribution is 2.27. The number of ether oxygens (including phenoxy) is 1. The Hall–Kier alpha value is -2.19. The first-order valence-corrected chi connectivity index (χ1v) is 5.86. The maximum absolute atomic E-state index is 12.6. The van der Waals surface area contributed by atoms with Gasteiger partial charge in [-0.2, -0.15) is 0 Å². The summed E-state index contributed by atoms with van der Waals surface area (Å²) in [5, 5.41) is 19.0. The van der Waals surface area contributed by atoms with E-state index in [4.69, 9.17) is 10.2 Å². The molecular formula is C12H15F4NO4. The lowest BCUT2D eigenvalue weighted by Gasteiger charge is -2.09. The van der Waals surface area contributed by atoms with Crippen molar-refractivity contribution in [2.45, 2.75) is 26.1 Å². The fourth-order valence-electron chi connectivity index (χ4n) is 1.07. The van der Waals surface area contributed by atoms with Gasteiger partial charge in [0.25, 0.3) is 0 Å². The van der Waals surface area contributed by atoms with E-state index < -0.39 is 29.8 Å². The molecule has 0 aliphatic carbocycles. The van der Waals surface area contributed by atoms with Crippen molar-refractivity contribution in [1.29, 1.82) is 0 Å². The van der Waals surface area contributed by atoms with Gasteiger partial charge in [0, 0.05) is 12.6 Å². The highest BCUT2D eigenvalue weighted by atomic mass is 19.4. The van der Waals surface area contributed by atoms with Crippen molar-refractivity contribution in [3.8, 4) is 11.5 Å². The first kappa shape index (κ1) is 18.8. The van der Waals surface area contributed by atoms with Gasteiger partial charge in [0.15, 0.2) is 11.6 Å². The van der Waals surface area contributed by atoms with Crippen LogP contribution in [0.25, 0.3) is 0 Å². The van der Waals surface area contributed by atoms with E-state index in [1.807, 2.05) is 6.92 Å². The quantitative estimate of drug-likeness (QED) is 0.587. The number of amides is 1. The molecule has 1 amide bonds. The summed E-state index contributed by atoms with van der Waals surface area (Å²) < 4.78 is 50.6. The summed E-state index contributed by atoms with van der Waals surface area (Å²) in [6.07, 6.45) is -3.91. The summed E-state index contributed by atoms with van der Waals surface area (Å²) in [7, 11) is 0. The lowest BCUT2D eigenvalue weighted by atomic mass is 10.3. The topological polar surface area (TPSA) is 78.8 Å². The second-order valence-corrected chi connectivity index (χ2v) is 3.75. The van der Waals surface area contributed by atoms with Crippen LogP contribution in [0.2, 0.25) is 0 Å². The van der Waals surface area contributed by atoms with Crippen LogP contribution in [0.4, 0.5) is 22.4 Å². The van der Waals surface area contributed by atoms with Crippen LogP contribution < -0.4 is 10.1 Å². The van der Waals surface area contributed by atoms with Crippen LogP contribution in [0.3, 0.4) is 0 Å². The Morgan fingerprint density at radius 1 is 1.38 bits per heavy atom. The first-order chi connectivity index (χ1) is 9.65. The number of carboxylic acid groups (broad SMARTS) is 1. The van der Waals surface area contributed by atoms with Gasteiger partial charge >= 0.3 is 12.5 Å². The summed E-state index contributed by atoms with van der Waals surface area (Å²) >= 11 is 0. The van der Waals surface area contributed by atoms with Gasteiger partial charge in [-0.25, -0.2) is 9.18 Å². The summed E-state index contributed by atoms with van der Waals surface area (Å²) in [4.78, 5) is 9.76. The van der Waals surface area contributed by atoms with Gasteiger partial charge in [0.1, 0.15) is 5.75 Å². The molecule has 120 valence electrons. The number of halogens is 4. The minimum atomic E-state index is -4.93. The first-order valence-electron chi connectivity index (χ1n) is 5.86. The normalized spacial score (nSPS) is 10.3. The average Bonchev–Trinajstić information content (AvgIpc) is 2.32. The predicted octanol–water partition coefficient (Wildman–Crippen LogP) is 3.48. The molecule has 0 bridgehead atoms. The van der Waals surface area contributed by atoms with Crippen molar-refractivity contribution in [1.82, 2.24) is 5.32 Å². The van der Waals surface area contributed by atoms with Crippen LogP contribution in [0.15, 0.2) is 18.2 Å². The highest BCUT2D eigenvalue weighted by Gasteiger charge is 2.32. The summed E-state index contributed by atoms with van der Waals surface area (Å²) in [6, 6.07) is 2.11. The van der Waals surface area contributed by atoms with Crippen molar-refractivity contribution in [3.05, 3.63) is 24.0 Å². The minimum absolute atomic E-state index is 0.466.